The van der Waals surface area contributed by atoms with Crippen molar-refractivity contribution < 1.29 is 0 Å². The standard InChI is InChI=1S/C10H7BrN/c11-8-5-1-3-7-4-2-6-9(12)10(7)8/h1-5H,12H2/q+1. The average molecular weight is 221 g/mol. The molecular formula is C10H7BrN+. The minimum atomic E-state index is 0.694. The van der Waals surface area contributed by atoms with Crippen molar-refractivity contribution in [1.82, 2.24) is 0 Å². The van der Waals surface area contributed by atoms with E-state index >= 15 is 0 Å². The first kappa shape index (κ1) is 7.53. The van der Waals surface area contributed by atoms with E-state index < -0.39 is 0 Å². The normalized spacial score (nSPS) is 13.2. The molecule has 0 saturated heterocycles. The summed E-state index contributed by atoms with van der Waals surface area (Å²) in [7, 11) is 0. The topological polar surface area (TPSA) is 26.0 Å². The first-order valence-corrected chi connectivity index (χ1v) is 4.43. The minimum absolute atomic E-state index is 0.694. The molecule has 0 aromatic heterocycles. The van der Waals surface area contributed by atoms with E-state index in [0.717, 1.165) is 15.6 Å². The third-order valence-electron chi connectivity index (χ3n) is 1.82. The SMILES string of the molecule is NC1=[C+]C=Cc2cccc(Br)c21. The van der Waals surface area contributed by atoms with Crippen LogP contribution in [-0.2, 0) is 0 Å². The van der Waals surface area contributed by atoms with E-state index in [1.54, 1.807) is 0 Å². The number of fused-ring (bicyclic) bond motifs is 1. The van der Waals surface area contributed by atoms with Crippen LogP contribution < -0.4 is 5.73 Å². The van der Waals surface area contributed by atoms with Crippen LogP contribution in [0.5, 0.6) is 0 Å². The zero-order valence-electron chi connectivity index (χ0n) is 6.34. The fourth-order valence-electron chi connectivity index (χ4n) is 1.26. The molecule has 0 atom stereocenters. The zero-order chi connectivity index (χ0) is 8.55. The average Bonchev–Trinajstić information content (AvgIpc) is 2.04. The van der Waals surface area contributed by atoms with Crippen molar-refractivity contribution in [1.29, 1.82) is 0 Å². The molecule has 58 valence electrons. The Kier molecular flexibility index (Phi) is 1.72. The van der Waals surface area contributed by atoms with Gasteiger partial charge < -0.3 is 5.73 Å². The molecule has 0 spiro atoms. The summed E-state index contributed by atoms with van der Waals surface area (Å²) in [6.07, 6.45) is 6.80. The van der Waals surface area contributed by atoms with Gasteiger partial charge in [-0.15, -0.1) is 0 Å². The highest BCUT2D eigenvalue weighted by atomic mass is 79.9. The van der Waals surface area contributed by atoms with Crippen molar-refractivity contribution >= 4 is 27.7 Å². The van der Waals surface area contributed by atoms with E-state index in [-0.39, 0.29) is 0 Å². The largest absolute Gasteiger partial charge is 0.369 e. The zero-order valence-corrected chi connectivity index (χ0v) is 7.93. The molecule has 0 amide bonds. The quantitative estimate of drug-likeness (QED) is 0.669. The van der Waals surface area contributed by atoms with Gasteiger partial charge in [-0.3, -0.25) is 0 Å². The van der Waals surface area contributed by atoms with Crippen molar-refractivity contribution in [3.63, 3.8) is 0 Å². The number of rotatable bonds is 0. The summed E-state index contributed by atoms with van der Waals surface area (Å²) in [4.78, 5) is 0. The second kappa shape index (κ2) is 2.74. The maximum atomic E-state index is 5.77. The van der Waals surface area contributed by atoms with Crippen molar-refractivity contribution in [2.45, 2.75) is 0 Å². The molecule has 1 aliphatic rings. The molecule has 1 aromatic rings. The number of hydrogen-bond donors (Lipinski definition) is 1. The molecule has 0 bridgehead atoms. The fraction of sp³-hybridized carbons (Fsp3) is 0. The Morgan fingerprint density at radius 1 is 1.33 bits per heavy atom. The van der Waals surface area contributed by atoms with Gasteiger partial charge in [-0.2, -0.15) is 0 Å². The van der Waals surface area contributed by atoms with E-state index in [2.05, 4.69) is 22.0 Å². The van der Waals surface area contributed by atoms with Crippen LogP contribution in [0.4, 0.5) is 0 Å². The van der Waals surface area contributed by atoms with Crippen molar-refractivity contribution in [2.75, 3.05) is 0 Å². The molecule has 12 heavy (non-hydrogen) atoms. The maximum absolute atomic E-state index is 5.77. The molecule has 2 N–H and O–H groups in total. The van der Waals surface area contributed by atoms with Crippen molar-refractivity contribution in [3.8, 4) is 0 Å². The molecule has 0 fully saturated rings. The Balaban J connectivity index is 2.73. The van der Waals surface area contributed by atoms with Gasteiger partial charge in [0.15, 0.2) is 0 Å². The monoisotopic (exact) mass is 220 g/mol. The second-order valence-electron chi connectivity index (χ2n) is 2.60. The summed E-state index contributed by atoms with van der Waals surface area (Å²) in [5.74, 6) is 0. The number of halogens is 1. The molecule has 0 unspecified atom stereocenters. The number of hydrogen-bond acceptors (Lipinski definition) is 1. The molecule has 1 nitrogen and oxygen atoms in total. The highest BCUT2D eigenvalue weighted by Crippen LogP contribution is 2.28. The molecule has 0 radical (unpaired) electrons. The first-order valence-electron chi connectivity index (χ1n) is 3.63. The Hall–Kier alpha value is -1.11. The van der Waals surface area contributed by atoms with Gasteiger partial charge in [0, 0.05) is 0 Å². The van der Waals surface area contributed by atoms with Crippen LogP contribution in [0.3, 0.4) is 0 Å². The summed E-state index contributed by atoms with van der Waals surface area (Å²) >= 11 is 3.45. The first-order chi connectivity index (χ1) is 5.79. The summed E-state index contributed by atoms with van der Waals surface area (Å²) in [6.45, 7) is 0. The van der Waals surface area contributed by atoms with Gasteiger partial charge in [0.05, 0.1) is 22.2 Å². The van der Waals surface area contributed by atoms with Gasteiger partial charge in [0.25, 0.3) is 0 Å². The van der Waals surface area contributed by atoms with E-state index in [4.69, 9.17) is 5.73 Å². The molecule has 0 saturated carbocycles. The van der Waals surface area contributed by atoms with Crippen LogP contribution in [0.25, 0.3) is 11.8 Å². The Bertz CT molecular complexity index is 377. The molecule has 1 aliphatic carbocycles. The number of allylic oxidation sites excluding steroid dienone is 2. The van der Waals surface area contributed by atoms with Gasteiger partial charge >= 0.3 is 0 Å². The highest BCUT2D eigenvalue weighted by Gasteiger charge is 2.18. The lowest BCUT2D eigenvalue weighted by Gasteiger charge is -2.01. The van der Waals surface area contributed by atoms with Gasteiger partial charge in [-0.25, -0.2) is 0 Å². The molecule has 2 rings (SSSR count). The lowest BCUT2D eigenvalue weighted by Crippen LogP contribution is -2.02. The number of benzene rings is 1. The van der Waals surface area contributed by atoms with Crippen LogP contribution in [0.1, 0.15) is 11.1 Å². The lowest BCUT2D eigenvalue weighted by molar-refractivity contribution is 1.43. The van der Waals surface area contributed by atoms with E-state index in [0.29, 0.717) is 5.70 Å². The Morgan fingerprint density at radius 3 is 2.92 bits per heavy atom. The van der Waals surface area contributed by atoms with Crippen molar-refractivity contribution in [2.24, 2.45) is 5.73 Å². The van der Waals surface area contributed by atoms with E-state index in [1.165, 1.54) is 0 Å². The van der Waals surface area contributed by atoms with Gasteiger partial charge in [-0.1, -0.05) is 6.07 Å². The van der Waals surface area contributed by atoms with Crippen LogP contribution in [-0.4, -0.2) is 0 Å². The summed E-state index contributed by atoms with van der Waals surface area (Å²) in [5, 5.41) is 0. The van der Waals surface area contributed by atoms with Gasteiger partial charge in [0.2, 0.25) is 5.70 Å². The van der Waals surface area contributed by atoms with Crippen molar-refractivity contribution in [3.05, 3.63) is 46.0 Å². The smallest absolute Gasteiger partial charge is 0.209 e. The van der Waals surface area contributed by atoms with Crippen LogP contribution in [0, 0.1) is 6.08 Å². The highest BCUT2D eigenvalue weighted by molar-refractivity contribution is 9.10. The molecule has 2 heteroatoms. The lowest BCUT2D eigenvalue weighted by atomic mass is 10.0. The van der Waals surface area contributed by atoms with E-state index in [9.17, 15) is 0 Å². The second-order valence-corrected chi connectivity index (χ2v) is 3.45. The van der Waals surface area contributed by atoms with Crippen LogP contribution in [0.2, 0.25) is 0 Å². The molecule has 0 aliphatic heterocycles. The predicted octanol–water partition coefficient (Wildman–Crippen LogP) is 2.58. The third-order valence-corrected chi connectivity index (χ3v) is 2.48. The minimum Gasteiger partial charge on any atom is -0.369 e. The predicted molar refractivity (Wildman–Crippen MR) is 54.0 cm³/mol. The molecule has 0 heterocycles. The van der Waals surface area contributed by atoms with E-state index in [1.807, 2.05) is 30.4 Å². The summed E-state index contributed by atoms with van der Waals surface area (Å²) in [6, 6.07) is 6.00. The van der Waals surface area contributed by atoms with Crippen LogP contribution >= 0.6 is 15.9 Å². The Morgan fingerprint density at radius 2 is 2.17 bits per heavy atom. The third kappa shape index (κ3) is 1.06. The summed E-state index contributed by atoms with van der Waals surface area (Å²) in [5.41, 5.74) is 8.65. The summed E-state index contributed by atoms with van der Waals surface area (Å²) < 4.78 is 1.02. The van der Waals surface area contributed by atoms with Crippen LogP contribution in [0.15, 0.2) is 28.7 Å². The van der Waals surface area contributed by atoms with Gasteiger partial charge in [0.1, 0.15) is 11.6 Å². The molecular weight excluding hydrogens is 214 g/mol. The van der Waals surface area contributed by atoms with Gasteiger partial charge in [-0.05, 0) is 28.1 Å². The molecule has 1 aromatic carbocycles. The number of nitrogens with two attached hydrogens (primary N) is 1. The maximum Gasteiger partial charge on any atom is 0.209 e. The fourth-order valence-corrected chi connectivity index (χ4v) is 1.85. The Labute approximate surface area is 79.7 Å².